The van der Waals surface area contributed by atoms with Crippen molar-refractivity contribution >= 4 is 16.0 Å². The number of fused-ring (bicyclic) bond motifs is 1. The van der Waals surface area contributed by atoms with E-state index in [-0.39, 0.29) is 0 Å². The van der Waals surface area contributed by atoms with Crippen molar-refractivity contribution in [3.63, 3.8) is 0 Å². The van der Waals surface area contributed by atoms with E-state index in [0.29, 0.717) is 0 Å². The highest BCUT2D eigenvalue weighted by Gasteiger charge is 2.33. The maximum atomic E-state index is 5.71. The van der Waals surface area contributed by atoms with Gasteiger partial charge in [0.05, 0.1) is 0 Å². The highest BCUT2D eigenvalue weighted by Crippen LogP contribution is 2.28. The molecule has 0 N–H and O–H groups in total. The first-order valence-electron chi connectivity index (χ1n) is 4.25. The number of hydrogen-bond acceptors (Lipinski definition) is 2. The van der Waals surface area contributed by atoms with Gasteiger partial charge in [-0.05, 0) is 44.4 Å². The molecule has 2 nitrogen and oxygen atoms in total. The predicted molar refractivity (Wildman–Crippen MR) is 46.3 cm³/mol. The van der Waals surface area contributed by atoms with Gasteiger partial charge in [0.2, 0.25) is 0 Å². The van der Waals surface area contributed by atoms with E-state index >= 15 is 0 Å². The van der Waals surface area contributed by atoms with Crippen LogP contribution in [0.1, 0.15) is 6.42 Å². The van der Waals surface area contributed by atoms with E-state index in [2.05, 4.69) is 0 Å². The Morgan fingerprint density at radius 2 is 1.55 bits per heavy atom. The van der Waals surface area contributed by atoms with E-state index in [1.165, 1.54) is 6.42 Å². The van der Waals surface area contributed by atoms with Gasteiger partial charge in [-0.1, -0.05) is 0 Å². The van der Waals surface area contributed by atoms with E-state index in [1.807, 2.05) is 9.62 Å². The topological polar surface area (TPSA) is 6.48 Å². The molecular formula is C7H12B2N2. The van der Waals surface area contributed by atoms with Crippen molar-refractivity contribution in [2.45, 2.75) is 6.42 Å². The molecule has 4 radical (unpaired) electrons. The molecular weight excluding hydrogens is 134 g/mol. The molecule has 2 aliphatic rings. The third-order valence-corrected chi connectivity index (χ3v) is 2.86. The molecule has 11 heavy (non-hydrogen) atoms. The summed E-state index contributed by atoms with van der Waals surface area (Å²) in [5.74, 6) is 1.53. The van der Waals surface area contributed by atoms with Gasteiger partial charge in [0.15, 0.2) is 16.0 Å². The fourth-order valence-corrected chi connectivity index (χ4v) is 2.23. The van der Waals surface area contributed by atoms with Gasteiger partial charge in [0.1, 0.15) is 0 Å². The summed E-state index contributed by atoms with van der Waals surface area (Å²) >= 11 is 0. The SMILES string of the molecule is [B]N1CC[C@@H]2CN([B])C[C@H]2C1. The largest absolute Gasteiger partial charge is 0.353 e. The zero-order valence-electron chi connectivity index (χ0n) is 6.74. The smallest absolute Gasteiger partial charge is 0.182 e. The number of nitrogens with zero attached hydrogens (tertiary/aromatic N) is 2. The minimum absolute atomic E-state index is 0.721. The lowest BCUT2D eigenvalue weighted by atomic mass is 9.87. The van der Waals surface area contributed by atoms with Gasteiger partial charge in [0.25, 0.3) is 0 Å². The molecule has 0 aromatic rings. The van der Waals surface area contributed by atoms with Crippen molar-refractivity contribution in [1.29, 1.82) is 0 Å². The van der Waals surface area contributed by atoms with Gasteiger partial charge in [0, 0.05) is 0 Å². The molecule has 0 bridgehead atoms. The summed E-state index contributed by atoms with van der Waals surface area (Å²) in [5, 5.41) is 0. The summed E-state index contributed by atoms with van der Waals surface area (Å²) in [4.78, 5) is 3.84. The van der Waals surface area contributed by atoms with E-state index in [0.717, 1.165) is 38.0 Å². The summed E-state index contributed by atoms with van der Waals surface area (Å²) in [6.07, 6.45) is 1.22. The average molecular weight is 146 g/mol. The van der Waals surface area contributed by atoms with Crippen LogP contribution in [0.4, 0.5) is 0 Å². The summed E-state index contributed by atoms with van der Waals surface area (Å²) < 4.78 is 0. The second-order valence-electron chi connectivity index (χ2n) is 3.76. The van der Waals surface area contributed by atoms with Crippen molar-refractivity contribution in [2.75, 3.05) is 26.2 Å². The highest BCUT2D eigenvalue weighted by atomic mass is 15.1. The third kappa shape index (κ3) is 1.47. The van der Waals surface area contributed by atoms with E-state index in [4.69, 9.17) is 16.0 Å². The molecule has 2 atom stereocenters. The van der Waals surface area contributed by atoms with Crippen LogP contribution in [-0.2, 0) is 0 Å². The Hall–Kier alpha value is 0.0499. The lowest BCUT2D eigenvalue weighted by Crippen LogP contribution is -2.38. The minimum atomic E-state index is 0.721. The van der Waals surface area contributed by atoms with Crippen LogP contribution in [0.5, 0.6) is 0 Å². The Bertz CT molecular complexity index is 153. The van der Waals surface area contributed by atoms with Crippen molar-refractivity contribution in [3.05, 3.63) is 0 Å². The van der Waals surface area contributed by atoms with Crippen LogP contribution in [0.2, 0.25) is 0 Å². The van der Waals surface area contributed by atoms with E-state index in [1.54, 1.807) is 0 Å². The van der Waals surface area contributed by atoms with Crippen molar-refractivity contribution in [1.82, 2.24) is 9.62 Å². The first-order valence-corrected chi connectivity index (χ1v) is 4.25. The first-order chi connectivity index (χ1) is 5.25. The Balaban J connectivity index is 1.97. The van der Waals surface area contributed by atoms with Gasteiger partial charge >= 0.3 is 0 Å². The number of hydrogen-bond donors (Lipinski definition) is 0. The van der Waals surface area contributed by atoms with E-state index in [9.17, 15) is 0 Å². The van der Waals surface area contributed by atoms with Crippen LogP contribution in [0.15, 0.2) is 0 Å². The molecule has 56 valence electrons. The Kier molecular flexibility index (Phi) is 1.98. The molecule has 4 heteroatoms. The normalized spacial score (nSPS) is 40.7. The summed E-state index contributed by atoms with van der Waals surface area (Å²) in [5.41, 5.74) is 0. The molecule has 2 fully saturated rings. The zero-order valence-corrected chi connectivity index (χ0v) is 6.74. The van der Waals surface area contributed by atoms with Gasteiger partial charge in [-0.15, -0.1) is 0 Å². The highest BCUT2D eigenvalue weighted by molar-refractivity contribution is 6.05. The minimum Gasteiger partial charge on any atom is -0.353 e. The third-order valence-electron chi connectivity index (χ3n) is 2.86. The second-order valence-corrected chi connectivity index (χ2v) is 3.76. The maximum absolute atomic E-state index is 5.71. The molecule has 0 amide bonds. The Labute approximate surface area is 70.8 Å². The average Bonchev–Trinajstić information content (AvgIpc) is 2.27. The van der Waals surface area contributed by atoms with Crippen LogP contribution in [-0.4, -0.2) is 51.8 Å². The first kappa shape index (κ1) is 7.69. The molecule has 0 unspecified atom stereocenters. The quantitative estimate of drug-likeness (QED) is 0.421. The Morgan fingerprint density at radius 3 is 2.36 bits per heavy atom. The van der Waals surface area contributed by atoms with Gasteiger partial charge in [-0.25, -0.2) is 0 Å². The predicted octanol–water partition coefficient (Wildman–Crippen LogP) is -0.593. The fourth-order valence-electron chi connectivity index (χ4n) is 2.23. The van der Waals surface area contributed by atoms with E-state index < -0.39 is 0 Å². The monoisotopic (exact) mass is 146 g/mol. The number of piperidine rings is 1. The maximum Gasteiger partial charge on any atom is 0.182 e. The fraction of sp³-hybridized carbons (Fsp3) is 1.00. The zero-order chi connectivity index (χ0) is 7.84. The summed E-state index contributed by atoms with van der Waals surface area (Å²) in [6.45, 7) is 4.16. The standard InChI is InChI=1S/C7H12B2N2/c8-10-2-1-6-3-11(9)5-7(6)4-10/h6-7H,1-5H2/t6-,7-/m1/s1. The molecule has 0 aliphatic carbocycles. The Morgan fingerprint density at radius 1 is 0.909 bits per heavy atom. The molecule has 2 saturated heterocycles. The molecule has 0 aromatic carbocycles. The van der Waals surface area contributed by atoms with Crippen LogP contribution in [0.3, 0.4) is 0 Å². The molecule has 0 saturated carbocycles. The molecule has 0 aromatic heterocycles. The van der Waals surface area contributed by atoms with Crippen LogP contribution >= 0.6 is 0 Å². The van der Waals surface area contributed by atoms with Gasteiger partial charge in [-0.2, -0.15) is 0 Å². The molecule has 2 rings (SSSR count). The van der Waals surface area contributed by atoms with Crippen molar-refractivity contribution < 1.29 is 0 Å². The molecule has 2 heterocycles. The van der Waals surface area contributed by atoms with Crippen molar-refractivity contribution in [3.8, 4) is 0 Å². The summed E-state index contributed by atoms with van der Waals surface area (Å²) in [7, 11) is 11.4. The van der Waals surface area contributed by atoms with Crippen LogP contribution in [0, 0.1) is 11.8 Å². The lowest BCUT2D eigenvalue weighted by molar-refractivity contribution is 0.234. The van der Waals surface area contributed by atoms with Crippen LogP contribution in [0.25, 0.3) is 0 Å². The van der Waals surface area contributed by atoms with Gasteiger partial charge < -0.3 is 9.62 Å². The molecule has 2 aliphatic heterocycles. The lowest BCUT2D eigenvalue weighted by Gasteiger charge is -2.32. The molecule has 0 spiro atoms. The van der Waals surface area contributed by atoms with Crippen LogP contribution < -0.4 is 0 Å². The van der Waals surface area contributed by atoms with Gasteiger partial charge in [-0.3, -0.25) is 0 Å². The second kappa shape index (κ2) is 2.83. The number of rotatable bonds is 0. The van der Waals surface area contributed by atoms with Crippen molar-refractivity contribution in [2.24, 2.45) is 11.8 Å². The summed E-state index contributed by atoms with van der Waals surface area (Å²) in [6, 6.07) is 0.